The van der Waals surface area contributed by atoms with Gasteiger partial charge in [0.05, 0.1) is 23.4 Å². The van der Waals surface area contributed by atoms with Crippen LogP contribution in [-0.2, 0) is 33.0 Å². The van der Waals surface area contributed by atoms with Crippen LogP contribution in [0.2, 0.25) is 0 Å². The van der Waals surface area contributed by atoms with Crippen molar-refractivity contribution in [3.63, 3.8) is 0 Å². The first-order valence-electron chi connectivity index (χ1n) is 11.7. The van der Waals surface area contributed by atoms with Gasteiger partial charge < -0.3 is 15.4 Å². The van der Waals surface area contributed by atoms with Crippen LogP contribution in [0.25, 0.3) is 5.82 Å². The van der Waals surface area contributed by atoms with Gasteiger partial charge in [0.15, 0.2) is 21.5 Å². The van der Waals surface area contributed by atoms with Gasteiger partial charge in [0, 0.05) is 18.9 Å². The van der Waals surface area contributed by atoms with E-state index in [1.165, 1.54) is 23.0 Å². The van der Waals surface area contributed by atoms with Gasteiger partial charge in [-0.15, -0.1) is 0 Å². The lowest BCUT2D eigenvalue weighted by atomic mass is 9.82. The first-order chi connectivity index (χ1) is 17.6. The van der Waals surface area contributed by atoms with Crippen LogP contribution in [0.5, 0.6) is 5.75 Å². The van der Waals surface area contributed by atoms with Crippen molar-refractivity contribution in [1.29, 1.82) is 5.26 Å². The lowest BCUT2D eigenvalue weighted by Crippen LogP contribution is -2.49. The minimum absolute atomic E-state index is 0.0260. The molecule has 0 saturated heterocycles. The van der Waals surface area contributed by atoms with E-state index in [0.29, 0.717) is 30.7 Å². The summed E-state index contributed by atoms with van der Waals surface area (Å²) in [6.07, 6.45) is 4.09. The van der Waals surface area contributed by atoms with E-state index < -0.39 is 32.9 Å². The van der Waals surface area contributed by atoms with Crippen LogP contribution in [0.4, 0.5) is 5.82 Å². The zero-order valence-electron chi connectivity index (χ0n) is 20.2. The van der Waals surface area contributed by atoms with E-state index in [1.54, 1.807) is 0 Å². The number of aryl methyl sites for hydroxylation is 1. The maximum absolute atomic E-state index is 13.5. The van der Waals surface area contributed by atoms with Gasteiger partial charge in [0.2, 0.25) is 5.91 Å². The third-order valence-corrected chi connectivity index (χ3v) is 7.26. The molecular formula is C25H24N6O5S. The molecule has 1 aliphatic carbocycles. The van der Waals surface area contributed by atoms with Crippen LogP contribution < -0.4 is 15.4 Å². The number of hydrogen-bond acceptors (Lipinski definition) is 8. The summed E-state index contributed by atoms with van der Waals surface area (Å²) < 4.78 is 30.3. The van der Waals surface area contributed by atoms with Crippen molar-refractivity contribution in [2.24, 2.45) is 0 Å². The minimum Gasteiger partial charge on any atom is -0.494 e. The summed E-state index contributed by atoms with van der Waals surface area (Å²) in [5.41, 5.74) is 2.33. The predicted molar refractivity (Wildman–Crippen MR) is 133 cm³/mol. The molecule has 2 aliphatic rings. The van der Waals surface area contributed by atoms with Gasteiger partial charge in [-0.3, -0.25) is 9.59 Å². The Labute approximate surface area is 213 Å². The predicted octanol–water partition coefficient (Wildman–Crippen LogP) is 1.65. The Morgan fingerprint density at radius 3 is 2.81 bits per heavy atom. The Kier molecular flexibility index (Phi) is 5.95. The third-order valence-electron chi connectivity index (χ3n) is 6.48. The number of anilines is 1. The number of carbonyl (C=O) groups is 2. The molecule has 3 aromatic rings. The van der Waals surface area contributed by atoms with Crippen LogP contribution in [-0.4, -0.2) is 53.6 Å². The van der Waals surface area contributed by atoms with E-state index in [1.807, 2.05) is 31.2 Å². The van der Waals surface area contributed by atoms with Crippen molar-refractivity contribution < 1.29 is 22.7 Å². The summed E-state index contributed by atoms with van der Waals surface area (Å²) in [4.78, 5) is 30.3. The van der Waals surface area contributed by atoms with Gasteiger partial charge in [-0.2, -0.15) is 15.0 Å². The quantitative estimate of drug-likeness (QED) is 0.497. The number of nitrogens with zero attached hydrogens (tertiary/aromatic N) is 4. The number of ether oxygens (including phenoxy) is 1. The van der Waals surface area contributed by atoms with E-state index in [4.69, 9.17) is 10.00 Å². The molecule has 0 saturated carbocycles. The van der Waals surface area contributed by atoms with Gasteiger partial charge in [-0.05, 0) is 55.2 Å². The Morgan fingerprint density at radius 2 is 2.14 bits per heavy atom. The molecule has 0 bridgehead atoms. The van der Waals surface area contributed by atoms with E-state index in [-0.39, 0.29) is 17.2 Å². The van der Waals surface area contributed by atoms with Gasteiger partial charge in [-0.25, -0.2) is 13.4 Å². The highest BCUT2D eigenvalue weighted by Crippen LogP contribution is 2.44. The monoisotopic (exact) mass is 520 g/mol. The van der Waals surface area contributed by atoms with Crippen LogP contribution in [0, 0.1) is 11.3 Å². The molecule has 1 aromatic carbocycles. The molecule has 37 heavy (non-hydrogen) atoms. The van der Waals surface area contributed by atoms with Crippen LogP contribution >= 0.6 is 0 Å². The molecular weight excluding hydrogens is 496 g/mol. The van der Waals surface area contributed by atoms with Crippen molar-refractivity contribution >= 4 is 27.5 Å². The molecule has 11 nitrogen and oxygen atoms in total. The second kappa shape index (κ2) is 9.01. The molecule has 1 spiro atoms. The van der Waals surface area contributed by atoms with E-state index in [2.05, 4.69) is 20.7 Å². The Morgan fingerprint density at radius 1 is 1.32 bits per heavy atom. The highest BCUT2D eigenvalue weighted by molar-refractivity contribution is 7.91. The van der Waals surface area contributed by atoms with Crippen LogP contribution in [0.3, 0.4) is 0 Å². The lowest BCUT2D eigenvalue weighted by Gasteiger charge is -2.35. The molecule has 2 N–H and O–H groups in total. The normalized spacial score (nSPS) is 18.0. The Bertz CT molecular complexity index is 1570. The number of pyridine rings is 1. The zero-order chi connectivity index (χ0) is 26.4. The summed E-state index contributed by atoms with van der Waals surface area (Å²) in [6.45, 7) is 2.47. The number of fused-ring (bicyclic) bond motifs is 3. The fourth-order valence-corrected chi connectivity index (χ4v) is 5.55. The number of aromatic nitrogens is 3. The topological polar surface area (TPSA) is 156 Å². The molecule has 0 radical (unpaired) electrons. The highest BCUT2D eigenvalue weighted by Gasteiger charge is 2.46. The standard InChI is InChI=1S/C25H24N6O5S/c1-3-36-17-5-6-18-16(10-17)8-9-25(18)11-19-22(24(33)29-25)23(28-21(32)14-37(2,34)35)31(30-19)20-7-4-15(12-26)13-27-20/h4-7,10,13H,3,8-9,11,14H2,1-2H3,(H,28,32)(H,29,33)/t25-/m0/s1. The largest absolute Gasteiger partial charge is 0.494 e. The van der Waals surface area contributed by atoms with Crippen LogP contribution in [0.1, 0.15) is 46.1 Å². The van der Waals surface area contributed by atoms with Crippen molar-refractivity contribution in [3.8, 4) is 17.6 Å². The average molecular weight is 521 g/mol. The fourth-order valence-electron chi connectivity index (χ4n) is 5.00. The van der Waals surface area contributed by atoms with E-state index >= 15 is 0 Å². The summed E-state index contributed by atoms with van der Waals surface area (Å²) in [5.74, 6) is -0.931. The van der Waals surface area contributed by atoms with E-state index in [0.717, 1.165) is 29.6 Å². The smallest absolute Gasteiger partial charge is 0.257 e. The van der Waals surface area contributed by atoms with Gasteiger partial charge in [0.25, 0.3) is 5.91 Å². The molecule has 1 atom stereocenters. The molecule has 12 heteroatoms. The van der Waals surface area contributed by atoms with Gasteiger partial charge in [-0.1, -0.05) is 6.07 Å². The number of benzene rings is 1. The molecule has 2 aromatic heterocycles. The molecule has 1 aliphatic heterocycles. The highest BCUT2D eigenvalue weighted by atomic mass is 32.2. The fraction of sp³-hybridized carbons (Fsp3) is 0.320. The minimum atomic E-state index is -3.61. The first kappa shape index (κ1) is 24.5. The van der Waals surface area contributed by atoms with E-state index in [9.17, 15) is 18.0 Å². The second-order valence-corrected chi connectivity index (χ2v) is 11.3. The third kappa shape index (κ3) is 4.53. The summed E-state index contributed by atoms with van der Waals surface area (Å²) in [7, 11) is -3.61. The number of amides is 2. The maximum Gasteiger partial charge on any atom is 0.257 e. The number of sulfone groups is 1. The number of nitrogens with one attached hydrogen (secondary N) is 2. The van der Waals surface area contributed by atoms with Crippen LogP contribution in [0.15, 0.2) is 36.5 Å². The number of nitriles is 1. The van der Waals surface area contributed by atoms with Crippen molar-refractivity contribution in [3.05, 3.63) is 64.5 Å². The number of hydrogen-bond donors (Lipinski definition) is 2. The van der Waals surface area contributed by atoms with Gasteiger partial charge in [0.1, 0.15) is 23.1 Å². The Balaban J connectivity index is 1.58. The van der Waals surface area contributed by atoms with Crippen molar-refractivity contribution in [1.82, 2.24) is 20.1 Å². The summed E-state index contributed by atoms with van der Waals surface area (Å²) in [6, 6.07) is 10.9. The first-order valence-corrected chi connectivity index (χ1v) is 13.7. The van der Waals surface area contributed by atoms with Crippen molar-refractivity contribution in [2.75, 3.05) is 23.9 Å². The number of rotatable bonds is 6. The summed E-state index contributed by atoms with van der Waals surface area (Å²) in [5, 5.41) is 19.4. The van der Waals surface area contributed by atoms with Gasteiger partial charge >= 0.3 is 0 Å². The van der Waals surface area contributed by atoms with Crippen molar-refractivity contribution in [2.45, 2.75) is 31.7 Å². The molecule has 190 valence electrons. The lowest BCUT2D eigenvalue weighted by molar-refractivity contribution is -0.113. The SMILES string of the molecule is CCOc1ccc2c(c1)CC[C@]21Cc2nn(-c3ccc(C#N)cn3)c(NC(=O)CS(C)(=O)=O)c2C(=O)N1. The number of carbonyl (C=O) groups excluding carboxylic acids is 2. The molecule has 2 amide bonds. The molecule has 0 fully saturated rings. The average Bonchev–Trinajstić information content (AvgIpc) is 3.36. The molecule has 0 unspecified atom stereocenters. The maximum atomic E-state index is 13.5. The molecule has 3 heterocycles. The summed E-state index contributed by atoms with van der Waals surface area (Å²) >= 11 is 0. The molecule has 5 rings (SSSR count). The zero-order valence-corrected chi connectivity index (χ0v) is 21.1. The second-order valence-electron chi connectivity index (χ2n) is 9.18. The Hall–Kier alpha value is -4.24.